The topological polar surface area (TPSA) is 25.8 Å². The minimum absolute atomic E-state index is 0.196. The van der Waals surface area contributed by atoms with Gasteiger partial charge in [0.1, 0.15) is 11.0 Å². The Bertz CT molecular complexity index is 1270. The molecule has 0 saturated heterocycles. The molecule has 0 atom stereocenters. The maximum absolute atomic E-state index is 4.81. The van der Waals surface area contributed by atoms with Crippen molar-refractivity contribution in [3.8, 4) is 20.9 Å². The van der Waals surface area contributed by atoms with E-state index in [1.807, 2.05) is 22.7 Å². The Kier molecular flexibility index (Phi) is 6.88. The van der Waals surface area contributed by atoms with Crippen LogP contribution in [0.1, 0.15) is 88.6 Å². The number of hydrogen-bond donors (Lipinski definition) is 0. The molecular formula is C28H36N2S3. The molecule has 0 radical (unpaired) electrons. The van der Waals surface area contributed by atoms with Gasteiger partial charge in [0.2, 0.25) is 0 Å². The van der Waals surface area contributed by atoms with Crippen LogP contribution in [0.15, 0.2) is 24.3 Å². The summed E-state index contributed by atoms with van der Waals surface area (Å²) in [6, 6.07) is 9.40. The van der Waals surface area contributed by atoms with Crippen molar-refractivity contribution in [1.29, 1.82) is 0 Å². The Labute approximate surface area is 211 Å². The van der Waals surface area contributed by atoms with Gasteiger partial charge in [0.05, 0.1) is 11.7 Å². The van der Waals surface area contributed by atoms with Gasteiger partial charge in [-0.1, -0.05) is 67.0 Å². The number of benzene rings is 1. The second kappa shape index (κ2) is 9.24. The van der Waals surface area contributed by atoms with E-state index in [4.69, 9.17) is 8.75 Å². The Hall–Kier alpha value is -1.56. The number of aromatic nitrogens is 2. The van der Waals surface area contributed by atoms with E-state index >= 15 is 0 Å². The van der Waals surface area contributed by atoms with Crippen LogP contribution in [0, 0.1) is 6.92 Å². The van der Waals surface area contributed by atoms with Crippen molar-refractivity contribution in [3.05, 3.63) is 45.1 Å². The summed E-state index contributed by atoms with van der Waals surface area (Å²) >= 11 is 5.22. The van der Waals surface area contributed by atoms with Crippen molar-refractivity contribution in [2.24, 2.45) is 0 Å². The highest BCUT2D eigenvalue weighted by molar-refractivity contribution is 7.16. The van der Waals surface area contributed by atoms with Gasteiger partial charge in [0.15, 0.2) is 0 Å². The maximum atomic E-state index is 4.81. The molecule has 3 heterocycles. The van der Waals surface area contributed by atoms with Crippen LogP contribution in [0.5, 0.6) is 0 Å². The van der Waals surface area contributed by atoms with Gasteiger partial charge < -0.3 is 0 Å². The molecule has 5 heteroatoms. The van der Waals surface area contributed by atoms with Crippen molar-refractivity contribution in [2.75, 3.05) is 0 Å². The number of aryl methyl sites for hydroxylation is 2. The average Bonchev–Trinajstić information content (AvgIpc) is 3.51. The first-order valence-electron chi connectivity index (χ1n) is 12.1. The van der Waals surface area contributed by atoms with E-state index in [1.165, 1.54) is 66.3 Å². The predicted molar refractivity (Wildman–Crippen MR) is 149 cm³/mol. The van der Waals surface area contributed by atoms with E-state index < -0.39 is 0 Å². The molecule has 4 rings (SSSR count). The monoisotopic (exact) mass is 496 g/mol. The summed E-state index contributed by atoms with van der Waals surface area (Å²) in [5, 5.41) is 0. The molecule has 0 N–H and O–H groups in total. The number of hydrogen-bond acceptors (Lipinski definition) is 5. The van der Waals surface area contributed by atoms with Crippen molar-refractivity contribution in [3.63, 3.8) is 0 Å². The lowest BCUT2D eigenvalue weighted by Gasteiger charge is -2.22. The van der Waals surface area contributed by atoms with Crippen molar-refractivity contribution < 1.29 is 0 Å². The third kappa shape index (κ3) is 4.44. The van der Waals surface area contributed by atoms with Gasteiger partial charge in [-0.05, 0) is 60.3 Å². The summed E-state index contributed by atoms with van der Waals surface area (Å²) in [5.41, 5.74) is 7.74. The highest BCUT2D eigenvalue weighted by Gasteiger charge is 2.27. The standard InChI is InChI=1S/C28H36N2S3/c1-9-14-28(7,8)22-16-18(10-2)26(32-22)20-13-12-19(23-24(20)30-33-29-23)25-17(4)15-21(31-25)27(5,6)11-3/h12-13,15-16H,9-11,14H2,1-8H3. The first-order valence-corrected chi connectivity index (χ1v) is 14.5. The van der Waals surface area contributed by atoms with Crippen LogP contribution in [-0.2, 0) is 17.3 Å². The van der Waals surface area contributed by atoms with Crippen LogP contribution >= 0.6 is 34.4 Å². The summed E-state index contributed by atoms with van der Waals surface area (Å²) in [4.78, 5) is 5.64. The average molecular weight is 497 g/mol. The second-order valence-electron chi connectivity index (χ2n) is 10.4. The molecule has 0 unspecified atom stereocenters. The second-order valence-corrected chi connectivity index (χ2v) is 13.1. The molecule has 0 amide bonds. The largest absolute Gasteiger partial charge is 0.172 e. The van der Waals surface area contributed by atoms with Gasteiger partial charge in [-0.2, -0.15) is 8.75 Å². The van der Waals surface area contributed by atoms with Crippen LogP contribution in [0.2, 0.25) is 0 Å². The summed E-state index contributed by atoms with van der Waals surface area (Å²) in [6.45, 7) is 18.5. The van der Waals surface area contributed by atoms with Gasteiger partial charge in [-0.25, -0.2) is 0 Å². The van der Waals surface area contributed by atoms with E-state index in [2.05, 4.69) is 79.7 Å². The molecule has 3 aromatic heterocycles. The van der Waals surface area contributed by atoms with Crippen LogP contribution in [-0.4, -0.2) is 8.75 Å². The zero-order valence-corrected chi connectivity index (χ0v) is 23.7. The van der Waals surface area contributed by atoms with Gasteiger partial charge in [0.25, 0.3) is 0 Å². The van der Waals surface area contributed by atoms with Crippen LogP contribution in [0.3, 0.4) is 0 Å². The molecule has 0 saturated carbocycles. The fraction of sp³-hybridized carbons (Fsp3) is 0.500. The number of rotatable bonds is 8. The number of thiophene rings is 2. The first kappa shape index (κ1) is 24.6. The molecule has 0 aliphatic carbocycles. The molecule has 0 bridgehead atoms. The van der Waals surface area contributed by atoms with E-state index in [9.17, 15) is 0 Å². The first-order chi connectivity index (χ1) is 15.6. The minimum atomic E-state index is 0.196. The normalized spacial score (nSPS) is 12.7. The molecule has 2 nitrogen and oxygen atoms in total. The molecule has 0 aliphatic rings. The molecule has 0 aliphatic heterocycles. The lowest BCUT2D eigenvalue weighted by atomic mass is 9.86. The highest BCUT2D eigenvalue weighted by Crippen LogP contribution is 2.46. The zero-order chi connectivity index (χ0) is 24.0. The van der Waals surface area contributed by atoms with Gasteiger partial charge in [-0.15, -0.1) is 22.7 Å². The molecule has 0 fully saturated rings. The van der Waals surface area contributed by atoms with Crippen molar-refractivity contribution in [2.45, 2.75) is 91.9 Å². The van der Waals surface area contributed by atoms with E-state index in [0.29, 0.717) is 0 Å². The summed E-state index contributed by atoms with van der Waals surface area (Å²) in [5.74, 6) is 0. The smallest absolute Gasteiger partial charge is 0.114 e. The van der Waals surface area contributed by atoms with E-state index in [0.717, 1.165) is 23.9 Å². The minimum Gasteiger partial charge on any atom is -0.172 e. The molecule has 1 aromatic carbocycles. The molecule has 0 spiro atoms. The maximum Gasteiger partial charge on any atom is 0.114 e. The highest BCUT2D eigenvalue weighted by atomic mass is 32.1. The molecule has 33 heavy (non-hydrogen) atoms. The van der Waals surface area contributed by atoms with Crippen LogP contribution in [0.4, 0.5) is 0 Å². The lowest BCUT2D eigenvalue weighted by Crippen LogP contribution is -2.14. The fourth-order valence-electron chi connectivity index (χ4n) is 4.49. The van der Waals surface area contributed by atoms with Crippen molar-refractivity contribution in [1.82, 2.24) is 8.75 Å². The van der Waals surface area contributed by atoms with Crippen LogP contribution < -0.4 is 0 Å². The summed E-state index contributed by atoms with van der Waals surface area (Å²) in [6.07, 6.45) is 4.58. The summed E-state index contributed by atoms with van der Waals surface area (Å²) < 4.78 is 9.60. The Morgan fingerprint density at radius 3 is 1.94 bits per heavy atom. The zero-order valence-electron chi connectivity index (χ0n) is 21.3. The third-order valence-corrected chi connectivity index (χ3v) is 10.8. The number of fused-ring (bicyclic) bond motifs is 1. The quantitative estimate of drug-likeness (QED) is 0.242. The molecular weight excluding hydrogens is 461 g/mol. The van der Waals surface area contributed by atoms with Gasteiger partial charge >= 0.3 is 0 Å². The van der Waals surface area contributed by atoms with Crippen molar-refractivity contribution >= 4 is 45.4 Å². The van der Waals surface area contributed by atoms with Crippen LogP contribution in [0.25, 0.3) is 31.9 Å². The summed E-state index contributed by atoms with van der Waals surface area (Å²) in [7, 11) is 0. The predicted octanol–water partition coefficient (Wildman–Crippen LogP) is 9.78. The van der Waals surface area contributed by atoms with E-state index in [1.54, 1.807) is 0 Å². The SMILES string of the molecule is CCCC(C)(C)c1cc(CC)c(-c2ccc(-c3sc(C(C)(C)CC)cc3C)c3nsnc23)s1. The Balaban J connectivity index is 1.85. The van der Waals surface area contributed by atoms with Gasteiger partial charge in [0, 0.05) is 30.6 Å². The lowest BCUT2D eigenvalue weighted by molar-refractivity contribution is 0.482. The Morgan fingerprint density at radius 2 is 1.36 bits per heavy atom. The van der Waals surface area contributed by atoms with Gasteiger partial charge in [-0.3, -0.25) is 0 Å². The molecule has 176 valence electrons. The fourth-order valence-corrected chi connectivity index (χ4v) is 7.84. The van der Waals surface area contributed by atoms with E-state index in [-0.39, 0.29) is 10.8 Å². The Morgan fingerprint density at radius 1 is 0.788 bits per heavy atom. The number of nitrogens with zero attached hydrogens (tertiary/aromatic N) is 2. The molecule has 4 aromatic rings. The third-order valence-electron chi connectivity index (χ3n) is 7.11.